The molecule has 2 rings (SSSR count). The van der Waals surface area contributed by atoms with Gasteiger partial charge in [-0.15, -0.1) is 0 Å². The van der Waals surface area contributed by atoms with Crippen molar-refractivity contribution in [3.8, 4) is 0 Å². The first-order chi connectivity index (χ1) is 9.54. The molecule has 0 atom stereocenters. The third-order valence-corrected chi connectivity index (χ3v) is 4.01. The van der Waals surface area contributed by atoms with Gasteiger partial charge in [-0.25, -0.2) is 0 Å². The highest BCUT2D eigenvalue weighted by Crippen LogP contribution is 2.11. The van der Waals surface area contributed by atoms with E-state index in [2.05, 4.69) is 55.8 Å². The number of nitrogens with one attached hydrogen (secondary N) is 2. The van der Waals surface area contributed by atoms with Gasteiger partial charge in [0, 0.05) is 18.4 Å². The quantitative estimate of drug-likeness (QED) is 0.476. The van der Waals surface area contributed by atoms with E-state index in [1.165, 1.54) is 0 Å². The summed E-state index contributed by atoms with van der Waals surface area (Å²) in [5.74, 6) is -0.216. The normalized spacial score (nSPS) is 9.90. The number of halogens is 2. The molecular weight excluding hydrogens is 498 g/mol. The lowest BCUT2D eigenvalue weighted by Crippen LogP contribution is -2.34. The van der Waals surface area contributed by atoms with E-state index < -0.39 is 0 Å². The second-order valence-electron chi connectivity index (χ2n) is 3.93. The second-order valence-corrected chi connectivity index (χ2v) is 6.83. The molecule has 0 aromatic heterocycles. The SMILES string of the molecule is O=C(NC(=S)Nc1ccc(I)cc1)c1cccc(I)c1. The molecule has 0 saturated carbocycles. The summed E-state index contributed by atoms with van der Waals surface area (Å²) in [5, 5.41) is 5.93. The Kier molecular flexibility index (Phi) is 5.73. The molecule has 0 aliphatic carbocycles. The molecular formula is C14H10I2N2OS. The Balaban J connectivity index is 1.97. The highest BCUT2D eigenvalue weighted by atomic mass is 127. The van der Waals surface area contributed by atoms with Crippen molar-refractivity contribution in [1.82, 2.24) is 5.32 Å². The van der Waals surface area contributed by atoms with Crippen LogP contribution in [0.4, 0.5) is 5.69 Å². The van der Waals surface area contributed by atoms with Crippen LogP contribution in [0, 0.1) is 7.14 Å². The molecule has 6 heteroatoms. The highest BCUT2D eigenvalue weighted by molar-refractivity contribution is 14.1. The fourth-order valence-electron chi connectivity index (χ4n) is 1.50. The molecule has 2 aromatic rings. The average molecular weight is 508 g/mol. The van der Waals surface area contributed by atoms with Crippen LogP contribution in [0.15, 0.2) is 48.5 Å². The largest absolute Gasteiger partial charge is 0.332 e. The zero-order valence-corrected chi connectivity index (χ0v) is 15.3. The zero-order chi connectivity index (χ0) is 14.5. The molecule has 0 aliphatic rings. The van der Waals surface area contributed by atoms with Gasteiger partial charge in [0.25, 0.3) is 5.91 Å². The molecule has 102 valence electrons. The number of hydrogen-bond acceptors (Lipinski definition) is 2. The van der Waals surface area contributed by atoms with Crippen LogP contribution in [0.5, 0.6) is 0 Å². The van der Waals surface area contributed by atoms with Crippen LogP contribution in [0.1, 0.15) is 10.4 Å². The minimum Gasteiger partial charge on any atom is -0.332 e. The smallest absolute Gasteiger partial charge is 0.257 e. The summed E-state index contributed by atoms with van der Waals surface area (Å²) >= 11 is 9.53. The van der Waals surface area contributed by atoms with Gasteiger partial charge in [0.1, 0.15) is 0 Å². The molecule has 3 nitrogen and oxygen atoms in total. The molecule has 2 N–H and O–H groups in total. The summed E-state index contributed by atoms with van der Waals surface area (Å²) in [6, 6.07) is 15.1. The Bertz CT molecular complexity index is 644. The monoisotopic (exact) mass is 508 g/mol. The Morgan fingerprint density at radius 3 is 2.35 bits per heavy atom. The van der Waals surface area contributed by atoms with Crippen LogP contribution >= 0.6 is 57.4 Å². The lowest BCUT2D eigenvalue weighted by atomic mass is 10.2. The van der Waals surface area contributed by atoms with Crippen molar-refractivity contribution in [2.75, 3.05) is 5.32 Å². The maximum absolute atomic E-state index is 12.0. The molecule has 0 fully saturated rings. The lowest BCUT2D eigenvalue weighted by Gasteiger charge is -2.09. The minimum atomic E-state index is -0.216. The zero-order valence-electron chi connectivity index (χ0n) is 10.2. The topological polar surface area (TPSA) is 41.1 Å². The summed E-state index contributed by atoms with van der Waals surface area (Å²) < 4.78 is 2.15. The summed E-state index contributed by atoms with van der Waals surface area (Å²) in [5.41, 5.74) is 1.43. The number of rotatable bonds is 2. The number of carbonyl (C=O) groups is 1. The van der Waals surface area contributed by atoms with E-state index in [1.807, 2.05) is 42.5 Å². The number of benzene rings is 2. The van der Waals surface area contributed by atoms with Crippen LogP contribution in [0.3, 0.4) is 0 Å². The summed E-state index contributed by atoms with van der Waals surface area (Å²) in [6.07, 6.45) is 0. The molecule has 0 radical (unpaired) electrons. The van der Waals surface area contributed by atoms with Crippen molar-refractivity contribution in [3.63, 3.8) is 0 Å². The molecule has 0 aliphatic heterocycles. The van der Waals surface area contributed by atoms with E-state index >= 15 is 0 Å². The van der Waals surface area contributed by atoms with Crippen molar-refractivity contribution in [2.24, 2.45) is 0 Å². The Labute approximate surface area is 149 Å². The van der Waals surface area contributed by atoms with Crippen LogP contribution < -0.4 is 10.6 Å². The van der Waals surface area contributed by atoms with Gasteiger partial charge < -0.3 is 5.32 Å². The van der Waals surface area contributed by atoms with Gasteiger partial charge in [-0.3, -0.25) is 10.1 Å². The van der Waals surface area contributed by atoms with Crippen LogP contribution in [-0.2, 0) is 0 Å². The highest BCUT2D eigenvalue weighted by Gasteiger charge is 2.08. The van der Waals surface area contributed by atoms with Gasteiger partial charge in [-0.1, -0.05) is 6.07 Å². The predicted molar refractivity (Wildman–Crippen MR) is 102 cm³/mol. The first kappa shape index (κ1) is 15.6. The van der Waals surface area contributed by atoms with Gasteiger partial charge in [0.15, 0.2) is 5.11 Å². The van der Waals surface area contributed by atoms with Crippen molar-refractivity contribution < 1.29 is 4.79 Å². The van der Waals surface area contributed by atoms with E-state index in [0.29, 0.717) is 5.56 Å². The number of anilines is 1. The van der Waals surface area contributed by atoms with Crippen molar-refractivity contribution in [3.05, 3.63) is 61.2 Å². The minimum absolute atomic E-state index is 0.216. The van der Waals surface area contributed by atoms with E-state index in [4.69, 9.17) is 12.2 Å². The van der Waals surface area contributed by atoms with Gasteiger partial charge in [0.2, 0.25) is 0 Å². The van der Waals surface area contributed by atoms with Gasteiger partial charge in [0.05, 0.1) is 0 Å². The predicted octanol–water partition coefficient (Wildman–Crippen LogP) is 4.02. The molecule has 0 unspecified atom stereocenters. The first-order valence-electron chi connectivity index (χ1n) is 5.68. The third kappa shape index (κ3) is 4.67. The lowest BCUT2D eigenvalue weighted by molar-refractivity contribution is 0.0977. The summed E-state index contributed by atoms with van der Waals surface area (Å²) in [7, 11) is 0. The Hall–Kier alpha value is -0.740. The number of thiocarbonyl (C=S) groups is 1. The molecule has 0 saturated heterocycles. The number of carbonyl (C=O) groups excluding carboxylic acids is 1. The number of hydrogen-bond donors (Lipinski definition) is 2. The van der Waals surface area contributed by atoms with Gasteiger partial charge >= 0.3 is 0 Å². The molecule has 0 spiro atoms. The molecule has 2 aromatic carbocycles. The van der Waals surface area contributed by atoms with E-state index in [0.717, 1.165) is 12.8 Å². The van der Waals surface area contributed by atoms with E-state index in [1.54, 1.807) is 6.07 Å². The molecule has 0 bridgehead atoms. The fourth-order valence-corrected chi connectivity index (χ4v) is 2.61. The average Bonchev–Trinajstić information content (AvgIpc) is 2.41. The summed E-state index contributed by atoms with van der Waals surface area (Å²) in [4.78, 5) is 12.0. The molecule has 0 heterocycles. The third-order valence-electron chi connectivity index (χ3n) is 2.42. The van der Waals surface area contributed by atoms with Crippen molar-refractivity contribution in [2.45, 2.75) is 0 Å². The fraction of sp³-hybridized carbons (Fsp3) is 0. The second kappa shape index (κ2) is 7.32. The molecule has 1 amide bonds. The standard InChI is InChI=1S/C14H10I2N2OS/c15-10-4-6-12(7-5-10)17-14(20)18-13(19)9-2-1-3-11(16)8-9/h1-8H,(H2,17,18,19,20). The van der Waals surface area contributed by atoms with Gasteiger partial charge in [-0.2, -0.15) is 0 Å². The Morgan fingerprint density at radius 1 is 1.00 bits per heavy atom. The summed E-state index contributed by atoms with van der Waals surface area (Å²) in [6.45, 7) is 0. The molecule has 20 heavy (non-hydrogen) atoms. The maximum Gasteiger partial charge on any atom is 0.257 e. The van der Waals surface area contributed by atoms with Crippen LogP contribution in [0.25, 0.3) is 0 Å². The number of amides is 1. The van der Waals surface area contributed by atoms with Crippen LogP contribution in [0.2, 0.25) is 0 Å². The maximum atomic E-state index is 12.0. The van der Waals surface area contributed by atoms with Crippen molar-refractivity contribution in [1.29, 1.82) is 0 Å². The van der Waals surface area contributed by atoms with Crippen LogP contribution in [-0.4, -0.2) is 11.0 Å². The van der Waals surface area contributed by atoms with E-state index in [-0.39, 0.29) is 11.0 Å². The van der Waals surface area contributed by atoms with E-state index in [9.17, 15) is 4.79 Å². The first-order valence-corrected chi connectivity index (χ1v) is 8.24. The Morgan fingerprint density at radius 2 is 1.70 bits per heavy atom. The van der Waals surface area contributed by atoms with Gasteiger partial charge in [-0.05, 0) is 99.9 Å². The van der Waals surface area contributed by atoms with Crippen molar-refractivity contribution >= 4 is 74.1 Å².